The van der Waals surface area contributed by atoms with E-state index in [0.29, 0.717) is 22.5 Å². The van der Waals surface area contributed by atoms with Crippen LogP contribution in [0.3, 0.4) is 0 Å². The molecule has 0 bridgehead atoms. The molecular weight excluding hydrogens is 284 g/mol. The first-order valence-corrected chi connectivity index (χ1v) is 8.47. The van der Waals surface area contributed by atoms with Crippen LogP contribution < -0.4 is 16.4 Å². The average Bonchev–Trinajstić information content (AvgIpc) is 3.19. The van der Waals surface area contributed by atoms with Gasteiger partial charge in [-0.3, -0.25) is 4.79 Å². The molecule has 2 fully saturated rings. The van der Waals surface area contributed by atoms with Crippen LogP contribution in [-0.2, 0) is 0 Å². The number of nitrogens with two attached hydrogens (primary N) is 2. The summed E-state index contributed by atoms with van der Waals surface area (Å²) >= 11 is 1.49. The number of primary amides is 1. The summed E-state index contributed by atoms with van der Waals surface area (Å²) < 4.78 is 0. The Morgan fingerprint density at radius 1 is 1.33 bits per heavy atom. The summed E-state index contributed by atoms with van der Waals surface area (Å²) in [5, 5.41) is 1.19. The molecular formula is C15H24N4OS. The second-order valence-corrected chi connectivity index (χ2v) is 7.36. The molecule has 21 heavy (non-hydrogen) atoms. The maximum absolute atomic E-state index is 11.6. The lowest BCUT2D eigenvalue weighted by Gasteiger charge is -2.30. The summed E-state index contributed by atoms with van der Waals surface area (Å²) in [6.45, 7) is 5.42. The monoisotopic (exact) mass is 308 g/mol. The van der Waals surface area contributed by atoms with Crippen LogP contribution in [0.2, 0.25) is 0 Å². The van der Waals surface area contributed by atoms with Gasteiger partial charge in [0, 0.05) is 24.7 Å². The quantitative estimate of drug-likeness (QED) is 0.893. The number of nitrogens with zero attached hydrogens (tertiary/aromatic N) is 2. The van der Waals surface area contributed by atoms with E-state index in [9.17, 15) is 4.79 Å². The number of anilines is 2. The van der Waals surface area contributed by atoms with Crippen LogP contribution in [0.4, 0.5) is 10.7 Å². The number of likely N-dealkylation sites (N-methyl/N-ethyl adjacent to an activating group) is 1. The minimum absolute atomic E-state index is 0.398. The van der Waals surface area contributed by atoms with Crippen molar-refractivity contribution in [2.45, 2.75) is 38.1 Å². The van der Waals surface area contributed by atoms with Crippen molar-refractivity contribution in [3.05, 3.63) is 10.4 Å². The molecule has 1 aromatic rings. The highest BCUT2D eigenvalue weighted by molar-refractivity contribution is 7.18. The van der Waals surface area contributed by atoms with Gasteiger partial charge in [0.25, 0.3) is 5.91 Å². The summed E-state index contributed by atoms with van der Waals surface area (Å²) in [6, 6.07) is 0.425. The highest BCUT2D eigenvalue weighted by atomic mass is 32.1. The largest absolute Gasteiger partial charge is 0.397 e. The van der Waals surface area contributed by atoms with Gasteiger partial charge in [-0.1, -0.05) is 0 Å². The molecule has 1 unspecified atom stereocenters. The molecule has 2 aliphatic rings. The Balaban J connectivity index is 2.00. The van der Waals surface area contributed by atoms with Crippen LogP contribution in [0.1, 0.15) is 47.3 Å². The van der Waals surface area contributed by atoms with Gasteiger partial charge in [-0.25, -0.2) is 0 Å². The van der Waals surface area contributed by atoms with Crippen molar-refractivity contribution < 1.29 is 4.79 Å². The van der Waals surface area contributed by atoms with E-state index in [1.165, 1.54) is 34.7 Å². The fourth-order valence-electron chi connectivity index (χ4n) is 3.28. The number of carbonyl (C=O) groups excluding carboxylic acids is 1. The fourth-order valence-corrected chi connectivity index (χ4v) is 4.57. The van der Waals surface area contributed by atoms with Crippen molar-refractivity contribution in [1.82, 2.24) is 4.90 Å². The molecule has 4 N–H and O–H groups in total. The summed E-state index contributed by atoms with van der Waals surface area (Å²) in [5.74, 6) is 0.128. The van der Waals surface area contributed by atoms with Gasteiger partial charge < -0.3 is 21.3 Å². The molecule has 1 saturated carbocycles. The van der Waals surface area contributed by atoms with E-state index in [-0.39, 0.29) is 0 Å². The molecule has 1 aromatic heterocycles. The Morgan fingerprint density at radius 3 is 2.67 bits per heavy atom. The SMILES string of the molecule is CC1CN(C)CCCN1c1sc(C(N)=O)c(N)c1C1CC1. The van der Waals surface area contributed by atoms with E-state index >= 15 is 0 Å². The first-order chi connectivity index (χ1) is 9.99. The van der Waals surface area contributed by atoms with Gasteiger partial charge in [0.2, 0.25) is 0 Å². The lowest BCUT2D eigenvalue weighted by Crippen LogP contribution is -2.37. The Kier molecular flexibility index (Phi) is 3.84. The number of carbonyl (C=O) groups is 1. The normalized spacial score (nSPS) is 24.1. The topological polar surface area (TPSA) is 75.6 Å². The van der Waals surface area contributed by atoms with Gasteiger partial charge in [-0.15, -0.1) is 11.3 Å². The van der Waals surface area contributed by atoms with Gasteiger partial charge in [-0.2, -0.15) is 0 Å². The van der Waals surface area contributed by atoms with Crippen molar-refractivity contribution in [3.8, 4) is 0 Å². The highest BCUT2D eigenvalue weighted by Crippen LogP contribution is 2.52. The number of hydrogen-bond donors (Lipinski definition) is 2. The average molecular weight is 308 g/mol. The molecule has 2 heterocycles. The summed E-state index contributed by atoms with van der Waals surface area (Å²) in [5.41, 5.74) is 13.6. The lowest BCUT2D eigenvalue weighted by atomic mass is 10.1. The molecule has 5 nitrogen and oxygen atoms in total. The van der Waals surface area contributed by atoms with Crippen molar-refractivity contribution in [2.24, 2.45) is 5.73 Å². The molecule has 1 saturated heterocycles. The Morgan fingerprint density at radius 2 is 2.05 bits per heavy atom. The summed E-state index contributed by atoms with van der Waals surface area (Å²) in [4.78, 5) is 17.0. The molecule has 6 heteroatoms. The van der Waals surface area contributed by atoms with E-state index in [2.05, 4.69) is 23.8 Å². The predicted octanol–water partition coefficient (Wildman–Crippen LogP) is 1.84. The molecule has 1 atom stereocenters. The summed E-state index contributed by atoms with van der Waals surface area (Å²) in [6.07, 6.45) is 3.48. The zero-order valence-corrected chi connectivity index (χ0v) is 13.6. The van der Waals surface area contributed by atoms with Gasteiger partial charge >= 0.3 is 0 Å². The number of amides is 1. The highest BCUT2D eigenvalue weighted by Gasteiger charge is 2.35. The van der Waals surface area contributed by atoms with Crippen LogP contribution in [0.25, 0.3) is 0 Å². The van der Waals surface area contributed by atoms with Crippen molar-refractivity contribution >= 4 is 27.9 Å². The maximum Gasteiger partial charge on any atom is 0.260 e. The van der Waals surface area contributed by atoms with Crippen LogP contribution in [0.15, 0.2) is 0 Å². The third-order valence-electron chi connectivity index (χ3n) is 4.48. The smallest absolute Gasteiger partial charge is 0.260 e. The molecule has 1 amide bonds. The van der Waals surface area contributed by atoms with Crippen molar-refractivity contribution in [1.29, 1.82) is 0 Å². The van der Waals surface area contributed by atoms with Gasteiger partial charge in [0.05, 0.1) is 10.7 Å². The first-order valence-electron chi connectivity index (χ1n) is 7.66. The maximum atomic E-state index is 11.6. The van der Waals surface area contributed by atoms with E-state index in [1.54, 1.807) is 0 Å². The van der Waals surface area contributed by atoms with Crippen LogP contribution in [0.5, 0.6) is 0 Å². The van der Waals surface area contributed by atoms with E-state index in [1.807, 2.05) is 0 Å². The standard InChI is InChI=1S/C15H24N4OS/c1-9-8-18(2)6-3-7-19(9)15-11(10-4-5-10)12(16)13(21-15)14(17)20/h9-10H,3-8,16H2,1-2H3,(H2,17,20). The second kappa shape index (κ2) is 5.50. The zero-order valence-electron chi connectivity index (χ0n) is 12.8. The number of hydrogen-bond acceptors (Lipinski definition) is 5. The minimum Gasteiger partial charge on any atom is -0.397 e. The van der Waals surface area contributed by atoms with Crippen LogP contribution in [-0.4, -0.2) is 43.5 Å². The lowest BCUT2D eigenvalue weighted by molar-refractivity contribution is 0.100. The van der Waals surface area contributed by atoms with Crippen molar-refractivity contribution in [3.63, 3.8) is 0 Å². The molecule has 116 valence electrons. The predicted molar refractivity (Wildman–Crippen MR) is 88.1 cm³/mol. The second-order valence-electron chi connectivity index (χ2n) is 6.36. The molecule has 0 radical (unpaired) electrons. The summed E-state index contributed by atoms with van der Waals surface area (Å²) in [7, 11) is 2.17. The first kappa shape index (κ1) is 14.7. The van der Waals surface area contributed by atoms with Crippen LogP contribution >= 0.6 is 11.3 Å². The van der Waals surface area contributed by atoms with Crippen molar-refractivity contribution in [2.75, 3.05) is 37.3 Å². The van der Waals surface area contributed by atoms with Crippen LogP contribution in [0, 0.1) is 0 Å². The third kappa shape index (κ3) is 2.74. The molecule has 1 aliphatic carbocycles. The Hall–Kier alpha value is -1.27. The number of rotatable bonds is 3. The van der Waals surface area contributed by atoms with Gasteiger partial charge in [0.1, 0.15) is 4.88 Å². The van der Waals surface area contributed by atoms with E-state index in [4.69, 9.17) is 11.5 Å². The minimum atomic E-state index is -0.398. The Labute approximate surface area is 129 Å². The molecule has 0 aromatic carbocycles. The fraction of sp³-hybridized carbons (Fsp3) is 0.667. The molecule has 3 rings (SSSR count). The zero-order chi connectivity index (χ0) is 15.1. The Bertz CT molecular complexity index is 552. The molecule has 0 spiro atoms. The van der Waals surface area contributed by atoms with E-state index < -0.39 is 5.91 Å². The third-order valence-corrected chi connectivity index (χ3v) is 5.75. The number of nitrogen functional groups attached to an aromatic ring is 1. The molecule has 1 aliphatic heterocycles. The van der Waals surface area contributed by atoms with Gasteiger partial charge in [0.15, 0.2) is 0 Å². The van der Waals surface area contributed by atoms with E-state index in [0.717, 1.165) is 26.1 Å². The van der Waals surface area contributed by atoms with Gasteiger partial charge in [-0.05, 0) is 45.7 Å². The number of thiophene rings is 1.